The first-order valence-electron chi connectivity index (χ1n) is 13.9. The maximum absolute atomic E-state index is 14.1. The Hall–Kier alpha value is -4.34. The molecule has 0 bridgehead atoms. The number of Topliss-reactive ketones (excluding diaryl/α,β-unsaturated/α-hetero) is 2. The smallest absolute Gasteiger partial charge is 0.264 e. The zero-order valence-corrected chi connectivity index (χ0v) is 25.6. The predicted octanol–water partition coefficient (Wildman–Crippen LogP) is 0.433. The number of carbonyl (C=O) groups is 4. The summed E-state index contributed by atoms with van der Waals surface area (Å²) in [5, 5.41) is 52.0. The number of primary amides is 1. The molecule has 0 radical (unpaired) electrons. The van der Waals surface area contributed by atoms with Crippen molar-refractivity contribution in [3.63, 3.8) is 0 Å². The van der Waals surface area contributed by atoms with Gasteiger partial charge < -0.3 is 36.4 Å². The number of nitroso groups, excluding NO2 is 1. The van der Waals surface area contributed by atoms with E-state index < -0.39 is 75.2 Å². The van der Waals surface area contributed by atoms with Crippen LogP contribution in [0.5, 0.6) is 5.75 Å². The molecule has 1 fully saturated rings. The van der Waals surface area contributed by atoms with E-state index in [0.29, 0.717) is 16.3 Å². The molecule has 1 aromatic carbocycles. The molecule has 0 aromatic heterocycles. The Morgan fingerprint density at radius 3 is 2.23 bits per heavy atom. The highest BCUT2D eigenvalue weighted by Crippen LogP contribution is 2.55. The number of hydrogen-bond donors (Lipinski definition) is 6. The number of nitrogens with zero attached hydrogens (tertiary/aromatic N) is 4. The molecule has 1 saturated carbocycles. The molecular weight excluding hydrogens is 576 g/mol. The second kappa shape index (κ2) is 11.0. The quantitative estimate of drug-likeness (QED) is 0.140. The number of carbonyl (C=O) groups excluding carboxylic acids is 4. The summed E-state index contributed by atoms with van der Waals surface area (Å²) in [7, 11) is 6.36. The Balaban J connectivity index is 1.95. The monoisotopic (exact) mass is 614 g/mol. The molecule has 0 heterocycles. The number of phenols is 1. The lowest BCUT2D eigenvalue weighted by molar-refractivity contribution is -0.153. The number of likely N-dealkylation sites (N-methyl/N-ethyl adjacent to an activating group) is 1. The van der Waals surface area contributed by atoms with Gasteiger partial charge in [-0.3, -0.25) is 24.1 Å². The summed E-state index contributed by atoms with van der Waals surface area (Å²) in [5.41, 5.74) is 0.929. The van der Waals surface area contributed by atoms with Crippen LogP contribution in [0.4, 0.5) is 11.4 Å². The van der Waals surface area contributed by atoms with Gasteiger partial charge in [0, 0.05) is 36.8 Å². The van der Waals surface area contributed by atoms with Crippen LogP contribution >= 0.6 is 0 Å². The lowest BCUT2D eigenvalue weighted by Crippen LogP contribution is -2.65. The SMILES string of the molecule is CN(C)c1cc(N(N=O)C(=O)CNC(C)(C)C)c(O)c2c1C[C@H]1C[C@H]3[C@H](N(C)C)C(=O)C(C(N)=O)=C(O)[C@@]3(O)C(=O)C1=C2O. The van der Waals surface area contributed by atoms with E-state index in [9.17, 15) is 44.5 Å². The van der Waals surface area contributed by atoms with Crippen LogP contribution in [0.2, 0.25) is 0 Å². The Bertz CT molecular complexity index is 1540. The minimum absolute atomic E-state index is 0.0317. The summed E-state index contributed by atoms with van der Waals surface area (Å²) in [6, 6.07) is 0.154. The van der Waals surface area contributed by atoms with Gasteiger partial charge in [0.1, 0.15) is 22.8 Å². The van der Waals surface area contributed by atoms with Gasteiger partial charge in [0.05, 0.1) is 23.4 Å². The largest absolute Gasteiger partial charge is 0.508 e. The van der Waals surface area contributed by atoms with Gasteiger partial charge in [-0.15, -0.1) is 4.91 Å². The molecule has 0 spiro atoms. The molecule has 1 aromatic rings. The molecule has 238 valence electrons. The van der Waals surface area contributed by atoms with E-state index in [-0.39, 0.29) is 36.2 Å². The lowest BCUT2D eigenvalue weighted by atomic mass is 9.57. The van der Waals surface area contributed by atoms with E-state index in [1.807, 2.05) is 20.8 Å². The van der Waals surface area contributed by atoms with E-state index in [2.05, 4.69) is 10.6 Å². The summed E-state index contributed by atoms with van der Waals surface area (Å²) in [4.78, 5) is 67.5. The Labute approximate surface area is 253 Å². The van der Waals surface area contributed by atoms with E-state index in [4.69, 9.17) is 5.73 Å². The number of aromatic hydroxyl groups is 1. The van der Waals surface area contributed by atoms with Crippen molar-refractivity contribution in [1.29, 1.82) is 0 Å². The summed E-state index contributed by atoms with van der Waals surface area (Å²) in [5.74, 6) is -8.86. The van der Waals surface area contributed by atoms with Crippen LogP contribution in [-0.4, -0.2) is 101 Å². The Morgan fingerprint density at radius 1 is 1.11 bits per heavy atom. The molecule has 15 nitrogen and oxygen atoms in total. The maximum atomic E-state index is 14.1. The molecule has 0 aliphatic heterocycles. The zero-order valence-electron chi connectivity index (χ0n) is 25.6. The van der Waals surface area contributed by atoms with Gasteiger partial charge in [0.15, 0.2) is 17.1 Å². The topological polar surface area (TPSA) is 226 Å². The molecule has 15 heteroatoms. The number of amides is 2. The van der Waals surface area contributed by atoms with Gasteiger partial charge in [-0.25, -0.2) is 0 Å². The minimum atomic E-state index is -2.80. The predicted molar refractivity (Wildman–Crippen MR) is 160 cm³/mol. The van der Waals surface area contributed by atoms with Crippen LogP contribution < -0.4 is 21.0 Å². The maximum Gasteiger partial charge on any atom is 0.264 e. The van der Waals surface area contributed by atoms with Crippen molar-refractivity contribution in [2.24, 2.45) is 22.9 Å². The average molecular weight is 615 g/mol. The number of aliphatic hydroxyl groups excluding tert-OH is 2. The molecule has 4 atom stereocenters. The van der Waals surface area contributed by atoms with Gasteiger partial charge in [-0.2, -0.15) is 5.01 Å². The second-order valence-electron chi connectivity index (χ2n) is 12.9. The Kier molecular flexibility index (Phi) is 8.13. The van der Waals surface area contributed by atoms with Crippen LogP contribution in [0.1, 0.15) is 38.3 Å². The van der Waals surface area contributed by atoms with Gasteiger partial charge in [0.25, 0.3) is 11.8 Å². The number of fused-ring (bicyclic) bond motifs is 3. The summed E-state index contributed by atoms with van der Waals surface area (Å²) in [6.45, 7) is 5.11. The molecule has 44 heavy (non-hydrogen) atoms. The van der Waals surface area contributed by atoms with Crippen LogP contribution in [0.15, 0.2) is 28.3 Å². The van der Waals surface area contributed by atoms with E-state index in [1.165, 1.54) is 25.1 Å². The number of rotatable bonds is 7. The zero-order chi connectivity index (χ0) is 33.2. The third-order valence-electron chi connectivity index (χ3n) is 8.47. The van der Waals surface area contributed by atoms with E-state index >= 15 is 0 Å². The lowest BCUT2D eigenvalue weighted by Gasteiger charge is -2.50. The van der Waals surface area contributed by atoms with Crippen molar-refractivity contribution >= 4 is 40.5 Å². The van der Waals surface area contributed by atoms with Gasteiger partial charge in [-0.05, 0) is 65.3 Å². The summed E-state index contributed by atoms with van der Waals surface area (Å²) < 4.78 is 0. The Morgan fingerprint density at radius 2 is 1.73 bits per heavy atom. The molecule has 3 aliphatic carbocycles. The number of aliphatic hydroxyl groups is 3. The van der Waals surface area contributed by atoms with Crippen molar-refractivity contribution in [2.45, 2.75) is 50.8 Å². The third kappa shape index (κ3) is 4.90. The normalized spacial score (nSPS) is 25.0. The molecule has 0 unspecified atom stereocenters. The molecule has 3 aliphatic rings. The average Bonchev–Trinajstić information content (AvgIpc) is 2.90. The van der Waals surface area contributed by atoms with Crippen LogP contribution in [0.3, 0.4) is 0 Å². The van der Waals surface area contributed by atoms with Crippen molar-refractivity contribution in [1.82, 2.24) is 10.2 Å². The van der Waals surface area contributed by atoms with E-state index in [1.54, 1.807) is 19.0 Å². The van der Waals surface area contributed by atoms with Crippen LogP contribution in [0, 0.1) is 16.7 Å². The van der Waals surface area contributed by atoms with Gasteiger partial charge in [-0.1, -0.05) is 0 Å². The number of anilines is 2. The highest BCUT2D eigenvalue weighted by Gasteiger charge is 2.64. The number of ketones is 2. The number of hydrogen-bond acceptors (Lipinski definition) is 13. The van der Waals surface area contributed by atoms with Gasteiger partial charge >= 0.3 is 0 Å². The first-order valence-corrected chi connectivity index (χ1v) is 13.9. The number of benzene rings is 1. The molecule has 2 amide bonds. The fraction of sp³-hybridized carbons (Fsp3) is 0.517. The first-order chi connectivity index (χ1) is 20.3. The molecule has 7 N–H and O–H groups in total. The highest BCUT2D eigenvalue weighted by molar-refractivity contribution is 6.24. The van der Waals surface area contributed by atoms with Crippen LogP contribution in [0.25, 0.3) is 5.76 Å². The fourth-order valence-corrected chi connectivity index (χ4v) is 6.48. The molecule has 4 rings (SSSR count). The number of nitrogens with one attached hydrogen (secondary N) is 1. The minimum Gasteiger partial charge on any atom is -0.508 e. The summed E-state index contributed by atoms with van der Waals surface area (Å²) >= 11 is 0. The molecular formula is C29H38N6O9. The fourth-order valence-electron chi connectivity index (χ4n) is 6.48. The highest BCUT2D eigenvalue weighted by atomic mass is 16.3. The molecule has 0 saturated heterocycles. The van der Waals surface area contributed by atoms with E-state index in [0.717, 1.165) is 0 Å². The van der Waals surface area contributed by atoms with Crippen LogP contribution in [-0.2, 0) is 25.6 Å². The van der Waals surface area contributed by atoms with Crippen molar-refractivity contribution in [3.05, 3.63) is 39.0 Å². The standard InChI is InChI=1S/C29H38N6O9/c1-28(2,3)31-11-17(36)35(32-44)16-10-15(33(4)5)13-8-12-9-14-21(34(6)7)24(39)20(27(30)42)26(41)29(14,43)25(40)18(12)23(38)19(13)22(16)37/h10,12,14,21,31,37-38,41,43H,8-9,11H2,1-7H3,(H2,30,42)/t12-,14-,21-,29-/m0/s1. The summed E-state index contributed by atoms with van der Waals surface area (Å²) in [6.07, 6.45) is -0.0515. The van der Waals surface area contributed by atoms with Gasteiger partial charge in [0.2, 0.25) is 5.78 Å². The van der Waals surface area contributed by atoms with Crippen molar-refractivity contribution in [2.75, 3.05) is 44.6 Å². The van der Waals surface area contributed by atoms with Crippen molar-refractivity contribution in [3.8, 4) is 5.75 Å². The van der Waals surface area contributed by atoms with Crippen molar-refractivity contribution < 1.29 is 39.6 Å². The number of phenolic OH excluding ortho intramolecular Hbond substituents is 1. The first kappa shape index (κ1) is 32.6. The second-order valence-corrected chi connectivity index (χ2v) is 12.9. The number of nitrogens with two attached hydrogens (primary N) is 1. The third-order valence-corrected chi connectivity index (χ3v) is 8.47.